The smallest absolute Gasteiger partial charge is 0.407 e. The molecule has 1 aliphatic rings. The van der Waals surface area contributed by atoms with Crippen LogP contribution < -0.4 is 10.6 Å². The lowest BCUT2D eigenvalue weighted by atomic mass is 10.2. The Balaban J connectivity index is 2.13. The Labute approximate surface area is 133 Å². The van der Waals surface area contributed by atoms with Gasteiger partial charge in [-0.3, -0.25) is 0 Å². The molecular weight excluding hydrogens is 288 g/mol. The molecule has 21 heavy (non-hydrogen) atoms. The van der Waals surface area contributed by atoms with Crippen molar-refractivity contribution in [2.75, 3.05) is 45.8 Å². The number of rotatable bonds is 4. The zero-order valence-corrected chi connectivity index (χ0v) is 14.4. The summed E-state index contributed by atoms with van der Waals surface area (Å²) in [5.74, 6) is 0. The fraction of sp³-hybridized carbons (Fsp3) is 0.857. The lowest BCUT2D eigenvalue weighted by molar-refractivity contribution is 0.0529. The highest BCUT2D eigenvalue weighted by atomic mass is 32.1. The molecule has 1 amide bonds. The van der Waals surface area contributed by atoms with E-state index in [2.05, 4.69) is 27.4 Å². The van der Waals surface area contributed by atoms with Crippen LogP contribution >= 0.6 is 12.2 Å². The van der Waals surface area contributed by atoms with E-state index in [1.165, 1.54) is 0 Å². The summed E-state index contributed by atoms with van der Waals surface area (Å²) in [6.45, 7) is 13.9. The van der Waals surface area contributed by atoms with Crippen molar-refractivity contribution in [3.05, 3.63) is 0 Å². The second-order valence-corrected chi connectivity index (χ2v) is 6.47. The van der Waals surface area contributed by atoms with Gasteiger partial charge in [0.1, 0.15) is 5.60 Å². The predicted molar refractivity (Wildman–Crippen MR) is 88.5 cm³/mol. The molecular formula is C14H28N4O2S. The van der Waals surface area contributed by atoms with Gasteiger partial charge >= 0.3 is 6.09 Å². The van der Waals surface area contributed by atoms with Gasteiger partial charge in [0.25, 0.3) is 0 Å². The third kappa shape index (κ3) is 7.47. The molecule has 0 aromatic rings. The van der Waals surface area contributed by atoms with E-state index in [0.29, 0.717) is 13.1 Å². The second kappa shape index (κ2) is 8.38. The number of ether oxygens (including phenoxy) is 1. The van der Waals surface area contributed by atoms with E-state index < -0.39 is 11.7 Å². The Morgan fingerprint density at radius 3 is 2.24 bits per heavy atom. The standard InChI is InChI=1S/C14H28N4O2S/c1-5-17-8-10-18(11-9-17)12(21)15-6-7-16-13(19)20-14(2,3)4/h5-11H2,1-4H3,(H,15,21)(H,16,19). The lowest BCUT2D eigenvalue weighted by Crippen LogP contribution is -2.52. The van der Waals surface area contributed by atoms with E-state index in [4.69, 9.17) is 17.0 Å². The van der Waals surface area contributed by atoms with Crippen molar-refractivity contribution >= 4 is 23.4 Å². The average molecular weight is 316 g/mol. The second-order valence-electron chi connectivity index (χ2n) is 6.08. The third-order valence-electron chi connectivity index (χ3n) is 3.18. The molecule has 1 fully saturated rings. The Morgan fingerprint density at radius 1 is 1.14 bits per heavy atom. The summed E-state index contributed by atoms with van der Waals surface area (Å²) >= 11 is 5.37. The minimum Gasteiger partial charge on any atom is -0.444 e. The summed E-state index contributed by atoms with van der Waals surface area (Å²) in [6.07, 6.45) is -0.397. The van der Waals surface area contributed by atoms with Crippen molar-refractivity contribution < 1.29 is 9.53 Å². The van der Waals surface area contributed by atoms with E-state index >= 15 is 0 Å². The number of likely N-dealkylation sites (N-methyl/N-ethyl adjacent to an activating group) is 1. The summed E-state index contributed by atoms with van der Waals surface area (Å²) in [4.78, 5) is 16.0. The van der Waals surface area contributed by atoms with Crippen molar-refractivity contribution in [1.29, 1.82) is 0 Å². The number of amides is 1. The number of carbonyl (C=O) groups is 1. The number of nitrogens with zero attached hydrogens (tertiary/aromatic N) is 2. The van der Waals surface area contributed by atoms with Crippen LogP contribution in [0.5, 0.6) is 0 Å². The van der Waals surface area contributed by atoms with Crippen LogP contribution in [0.1, 0.15) is 27.7 Å². The average Bonchev–Trinajstić information content (AvgIpc) is 2.41. The van der Waals surface area contributed by atoms with Crippen molar-refractivity contribution in [3.63, 3.8) is 0 Å². The molecule has 0 radical (unpaired) electrons. The largest absolute Gasteiger partial charge is 0.444 e. The molecule has 0 aromatic heterocycles. The molecule has 1 aliphatic heterocycles. The van der Waals surface area contributed by atoms with Crippen LogP contribution in [0, 0.1) is 0 Å². The number of hydrogen-bond donors (Lipinski definition) is 2. The fourth-order valence-corrected chi connectivity index (χ4v) is 2.31. The van der Waals surface area contributed by atoms with E-state index in [0.717, 1.165) is 37.8 Å². The topological polar surface area (TPSA) is 56.8 Å². The molecule has 0 aliphatic carbocycles. The minimum absolute atomic E-state index is 0.397. The number of piperazine rings is 1. The van der Waals surface area contributed by atoms with Gasteiger partial charge in [-0.25, -0.2) is 4.79 Å². The van der Waals surface area contributed by atoms with Crippen LogP contribution in [0.25, 0.3) is 0 Å². The van der Waals surface area contributed by atoms with Crippen LogP contribution in [0.15, 0.2) is 0 Å². The maximum Gasteiger partial charge on any atom is 0.407 e. The Hall–Kier alpha value is -1.08. The summed E-state index contributed by atoms with van der Waals surface area (Å²) in [7, 11) is 0. The monoisotopic (exact) mass is 316 g/mol. The first-order valence-corrected chi connectivity index (χ1v) is 7.94. The molecule has 1 rings (SSSR count). The highest BCUT2D eigenvalue weighted by molar-refractivity contribution is 7.80. The fourth-order valence-electron chi connectivity index (χ4n) is 2.03. The number of nitrogens with one attached hydrogen (secondary N) is 2. The van der Waals surface area contributed by atoms with Crippen LogP contribution in [-0.4, -0.2) is 72.4 Å². The van der Waals surface area contributed by atoms with Gasteiger partial charge in [-0.15, -0.1) is 0 Å². The zero-order chi connectivity index (χ0) is 15.9. The summed E-state index contributed by atoms with van der Waals surface area (Å²) in [5, 5.41) is 6.64. The third-order valence-corrected chi connectivity index (χ3v) is 3.58. The highest BCUT2D eigenvalue weighted by Gasteiger charge is 2.18. The molecule has 6 nitrogen and oxygen atoms in total. The molecule has 2 N–H and O–H groups in total. The van der Waals surface area contributed by atoms with Crippen LogP contribution in [-0.2, 0) is 4.74 Å². The normalized spacial score (nSPS) is 16.5. The SMILES string of the molecule is CCN1CCN(C(=S)NCCNC(=O)OC(C)(C)C)CC1. The molecule has 122 valence electrons. The lowest BCUT2D eigenvalue weighted by Gasteiger charge is -2.35. The van der Waals surface area contributed by atoms with Crippen molar-refractivity contribution in [1.82, 2.24) is 20.4 Å². The Kier molecular flexibility index (Phi) is 7.17. The first-order valence-electron chi connectivity index (χ1n) is 7.54. The van der Waals surface area contributed by atoms with E-state index in [1.807, 2.05) is 20.8 Å². The van der Waals surface area contributed by atoms with Gasteiger partial charge in [0.15, 0.2) is 5.11 Å². The van der Waals surface area contributed by atoms with Crippen molar-refractivity contribution in [2.24, 2.45) is 0 Å². The molecule has 0 aromatic carbocycles. The van der Waals surface area contributed by atoms with E-state index in [1.54, 1.807) is 0 Å². The van der Waals surface area contributed by atoms with E-state index in [-0.39, 0.29) is 0 Å². The molecule has 1 heterocycles. The van der Waals surface area contributed by atoms with Crippen LogP contribution in [0.4, 0.5) is 4.79 Å². The van der Waals surface area contributed by atoms with Gasteiger partial charge in [0.05, 0.1) is 0 Å². The van der Waals surface area contributed by atoms with Gasteiger partial charge in [-0.05, 0) is 39.5 Å². The summed E-state index contributed by atoms with van der Waals surface area (Å²) in [6, 6.07) is 0. The number of thiocarbonyl (C=S) groups is 1. The number of alkyl carbamates (subject to hydrolysis) is 1. The van der Waals surface area contributed by atoms with Gasteiger partial charge in [0.2, 0.25) is 0 Å². The minimum atomic E-state index is -0.467. The maximum atomic E-state index is 11.5. The van der Waals surface area contributed by atoms with Crippen LogP contribution in [0.3, 0.4) is 0 Å². The van der Waals surface area contributed by atoms with Crippen LogP contribution in [0.2, 0.25) is 0 Å². The first kappa shape index (κ1) is 18.0. The molecule has 7 heteroatoms. The zero-order valence-electron chi connectivity index (χ0n) is 13.6. The van der Waals surface area contributed by atoms with Crippen molar-refractivity contribution in [2.45, 2.75) is 33.3 Å². The molecule has 0 atom stereocenters. The van der Waals surface area contributed by atoms with Gasteiger partial charge in [-0.2, -0.15) is 0 Å². The highest BCUT2D eigenvalue weighted by Crippen LogP contribution is 2.06. The van der Waals surface area contributed by atoms with E-state index in [9.17, 15) is 4.79 Å². The maximum absolute atomic E-state index is 11.5. The molecule has 0 bridgehead atoms. The first-order chi connectivity index (χ1) is 9.81. The molecule has 0 saturated carbocycles. The van der Waals surface area contributed by atoms with Gasteiger partial charge in [0, 0.05) is 39.3 Å². The van der Waals surface area contributed by atoms with Gasteiger partial charge in [-0.1, -0.05) is 6.92 Å². The number of hydrogen-bond acceptors (Lipinski definition) is 4. The number of carbonyl (C=O) groups excluding carboxylic acids is 1. The Bertz CT molecular complexity index is 349. The quantitative estimate of drug-likeness (QED) is 0.597. The molecule has 0 spiro atoms. The molecule has 1 saturated heterocycles. The molecule has 0 unspecified atom stereocenters. The van der Waals surface area contributed by atoms with Crippen molar-refractivity contribution in [3.8, 4) is 0 Å². The Morgan fingerprint density at radius 2 is 1.71 bits per heavy atom. The predicted octanol–water partition coefficient (Wildman–Crippen LogP) is 1.02. The summed E-state index contributed by atoms with van der Waals surface area (Å²) < 4.78 is 5.16. The van der Waals surface area contributed by atoms with Gasteiger partial charge < -0.3 is 25.2 Å². The summed E-state index contributed by atoms with van der Waals surface area (Å²) in [5.41, 5.74) is -0.467.